The molecule has 2 aliphatic rings. The van der Waals surface area contributed by atoms with Crippen molar-refractivity contribution in [3.05, 3.63) is 0 Å². The summed E-state index contributed by atoms with van der Waals surface area (Å²) in [7, 11) is 0. The number of anilines is 3. The molecule has 0 aromatic carbocycles. The molecule has 0 bridgehead atoms. The second kappa shape index (κ2) is 6.43. The van der Waals surface area contributed by atoms with Gasteiger partial charge in [-0.1, -0.05) is 19.8 Å². The quantitative estimate of drug-likeness (QED) is 0.816. The Hall–Kier alpha value is -1.63. The smallest absolute Gasteiger partial charge is 0.232 e. The molecule has 2 fully saturated rings. The second-order valence-corrected chi connectivity index (χ2v) is 5.85. The Labute approximate surface area is 125 Å². The monoisotopic (exact) mass is 292 g/mol. The highest BCUT2D eigenvalue weighted by molar-refractivity contribution is 5.42. The fraction of sp³-hybridized carbons (Fsp3) is 0.786. The summed E-state index contributed by atoms with van der Waals surface area (Å²) in [5, 5.41) is 3.42. The second-order valence-electron chi connectivity index (χ2n) is 5.85. The summed E-state index contributed by atoms with van der Waals surface area (Å²) in [6.45, 7) is 5.18. The lowest BCUT2D eigenvalue weighted by Crippen LogP contribution is -2.37. The Balaban J connectivity index is 1.69. The van der Waals surface area contributed by atoms with Gasteiger partial charge in [0, 0.05) is 19.1 Å². The van der Waals surface area contributed by atoms with Gasteiger partial charge >= 0.3 is 0 Å². The first-order chi connectivity index (χ1) is 10.2. The molecule has 1 aliphatic heterocycles. The number of aromatic nitrogens is 3. The summed E-state index contributed by atoms with van der Waals surface area (Å²) in [5.74, 6) is 2.39. The molecule has 1 aliphatic carbocycles. The highest BCUT2D eigenvalue weighted by Crippen LogP contribution is 2.34. The van der Waals surface area contributed by atoms with E-state index in [9.17, 15) is 0 Å². The standard InChI is InChI=1S/C14H24N6O/c1-2-11(9-10-3-4-10)16-13-17-12(15)18-14(19-13)20-5-7-21-8-6-20/h10-11H,2-9H2,1H3,(H3,15,16,17,18,19). The number of ether oxygens (including phenoxy) is 1. The summed E-state index contributed by atoms with van der Waals surface area (Å²) in [4.78, 5) is 15.1. The number of nitrogens with two attached hydrogens (primary N) is 1. The minimum Gasteiger partial charge on any atom is -0.378 e. The van der Waals surface area contributed by atoms with Crippen LogP contribution < -0.4 is 16.0 Å². The van der Waals surface area contributed by atoms with E-state index in [4.69, 9.17) is 10.5 Å². The van der Waals surface area contributed by atoms with Crippen molar-refractivity contribution in [2.45, 2.75) is 38.6 Å². The number of nitrogens with zero attached hydrogens (tertiary/aromatic N) is 4. The van der Waals surface area contributed by atoms with E-state index in [0.717, 1.165) is 25.4 Å². The summed E-state index contributed by atoms with van der Waals surface area (Å²) >= 11 is 0. The lowest BCUT2D eigenvalue weighted by atomic mass is 10.1. The highest BCUT2D eigenvalue weighted by Gasteiger charge is 2.25. The molecule has 0 amide bonds. The number of hydrogen-bond acceptors (Lipinski definition) is 7. The van der Waals surface area contributed by atoms with Gasteiger partial charge < -0.3 is 20.7 Å². The Morgan fingerprint density at radius 3 is 2.71 bits per heavy atom. The molecule has 1 unspecified atom stereocenters. The summed E-state index contributed by atoms with van der Waals surface area (Å²) < 4.78 is 5.35. The first kappa shape index (κ1) is 14.3. The molecule has 7 heteroatoms. The third kappa shape index (κ3) is 3.93. The van der Waals surface area contributed by atoms with E-state index in [1.54, 1.807) is 0 Å². The van der Waals surface area contributed by atoms with E-state index in [1.165, 1.54) is 19.3 Å². The van der Waals surface area contributed by atoms with Crippen LogP contribution >= 0.6 is 0 Å². The van der Waals surface area contributed by atoms with Crippen LogP contribution in [0.25, 0.3) is 0 Å². The molecule has 1 aromatic rings. The van der Waals surface area contributed by atoms with E-state index >= 15 is 0 Å². The molecule has 7 nitrogen and oxygen atoms in total. The van der Waals surface area contributed by atoms with Gasteiger partial charge in [-0.05, 0) is 18.8 Å². The van der Waals surface area contributed by atoms with Crippen LogP contribution in [0.1, 0.15) is 32.6 Å². The van der Waals surface area contributed by atoms with Crippen molar-refractivity contribution in [2.75, 3.05) is 42.3 Å². The minimum atomic E-state index is 0.273. The van der Waals surface area contributed by atoms with Crippen molar-refractivity contribution in [1.29, 1.82) is 0 Å². The molecule has 3 rings (SSSR count). The lowest BCUT2D eigenvalue weighted by Gasteiger charge is -2.27. The molecule has 0 spiro atoms. The van der Waals surface area contributed by atoms with Crippen LogP contribution in [0.5, 0.6) is 0 Å². The summed E-state index contributed by atoms with van der Waals surface area (Å²) in [6, 6.07) is 0.414. The van der Waals surface area contributed by atoms with Gasteiger partial charge in [0.15, 0.2) is 0 Å². The number of nitrogens with one attached hydrogen (secondary N) is 1. The van der Waals surface area contributed by atoms with Crippen molar-refractivity contribution in [1.82, 2.24) is 15.0 Å². The summed E-state index contributed by atoms with van der Waals surface area (Å²) in [5.41, 5.74) is 5.84. The zero-order chi connectivity index (χ0) is 14.7. The molecular formula is C14H24N6O. The average molecular weight is 292 g/mol. The molecule has 1 saturated carbocycles. The summed E-state index contributed by atoms with van der Waals surface area (Å²) in [6.07, 6.45) is 4.97. The lowest BCUT2D eigenvalue weighted by molar-refractivity contribution is 0.122. The normalized spacial score (nSPS) is 20.3. The van der Waals surface area contributed by atoms with E-state index in [1.807, 2.05) is 0 Å². The predicted octanol–water partition coefficient (Wildman–Crippen LogP) is 1.28. The molecule has 1 saturated heterocycles. The van der Waals surface area contributed by atoms with Crippen molar-refractivity contribution in [2.24, 2.45) is 5.92 Å². The molecule has 2 heterocycles. The van der Waals surface area contributed by atoms with E-state index in [-0.39, 0.29) is 5.95 Å². The maximum atomic E-state index is 5.84. The van der Waals surface area contributed by atoms with Gasteiger partial charge in [0.05, 0.1) is 13.2 Å². The SMILES string of the molecule is CCC(CC1CC1)Nc1nc(N)nc(N2CCOCC2)n1. The van der Waals surface area contributed by atoms with Gasteiger partial charge in [0.2, 0.25) is 17.8 Å². The van der Waals surface area contributed by atoms with Gasteiger partial charge in [0.25, 0.3) is 0 Å². The zero-order valence-electron chi connectivity index (χ0n) is 12.6. The van der Waals surface area contributed by atoms with Gasteiger partial charge in [-0.15, -0.1) is 0 Å². The van der Waals surface area contributed by atoms with Crippen molar-refractivity contribution in [3.63, 3.8) is 0 Å². The van der Waals surface area contributed by atoms with Crippen molar-refractivity contribution < 1.29 is 4.74 Å². The molecule has 3 N–H and O–H groups in total. The molecule has 1 aromatic heterocycles. The van der Waals surface area contributed by atoms with Gasteiger partial charge in [-0.3, -0.25) is 0 Å². The van der Waals surface area contributed by atoms with Crippen molar-refractivity contribution in [3.8, 4) is 0 Å². The van der Waals surface area contributed by atoms with Crippen LogP contribution in [0.2, 0.25) is 0 Å². The first-order valence-corrected chi connectivity index (χ1v) is 7.85. The predicted molar refractivity (Wildman–Crippen MR) is 82.3 cm³/mol. The number of morpholine rings is 1. The van der Waals surface area contributed by atoms with Crippen LogP contribution in [0, 0.1) is 5.92 Å². The van der Waals surface area contributed by atoms with Crippen LogP contribution in [0.3, 0.4) is 0 Å². The van der Waals surface area contributed by atoms with Crippen LogP contribution in [-0.4, -0.2) is 47.3 Å². The Morgan fingerprint density at radius 1 is 1.29 bits per heavy atom. The molecular weight excluding hydrogens is 268 g/mol. The molecule has 0 radical (unpaired) electrons. The van der Waals surface area contributed by atoms with Crippen LogP contribution in [-0.2, 0) is 4.74 Å². The number of hydrogen-bond donors (Lipinski definition) is 2. The largest absolute Gasteiger partial charge is 0.378 e. The van der Waals surface area contributed by atoms with E-state index in [2.05, 4.69) is 32.1 Å². The fourth-order valence-electron chi connectivity index (χ4n) is 2.62. The highest BCUT2D eigenvalue weighted by atomic mass is 16.5. The third-order valence-electron chi connectivity index (χ3n) is 4.08. The van der Waals surface area contributed by atoms with Crippen LogP contribution in [0.4, 0.5) is 17.8 Å². The zero-order valence-corrected chi connectivity index (χ0v) is 12.6. The van der Waals surface area contributed by atoms with E-state index < -0.39 is 0 Å². The Kier molecular flexibility index (Phi) is 4.38. The fourth-order valence-corrected chi connectivity index (χ4v) is 2.62. The minimum absolute atomic E-state index is 0.273. The first-order valence-electron chi connectivity index (χ1n) is 7.85. The number of rotatable bonds is 6. The van der Waals surface area contributed by atoms with E-state index in [0.29, 0.717) is 31.2 Å². The van der Waals surface area contributed by atoms with Gasteiger partial charge in [0.1, 0.15) is 0 Å². The Bertz CT molecular complexity index is 473. The van der Waals surface area contributed by atoms with Crippen molar-refractivity contribution >= 4 is 17.8 Å². The average Bonchev–Trinajstić information content (AvgIpc) is 3.31. The molecule has 116 valence electrons. The maximum Gasteiger partial charge on any atom is 0.232 e. The molecule has 1 atom stereocenters. The number of nitrogen functional groups attached to an aromatic ring is 1. The Morgan fingerprint density at radius 2 is 2.05 bits per heavy atom. The molecule has 21 heavy (non-hydrogen) atoms. The van der Waals surface area contributed by atoms with Gasteiger partial charge in [-0.2, -0.15) is 15.0 Å². The topological polar surface area (TPSA) is 89.2 Å². The maximum absolute atomic E-state index is 5.84. The van der Waals surface area contributed by atoms with Crippen LogP contribution in [0.15, 0.2) is 0 Å². The van der Waals surface area contributed by atoms with Gasteiger partial charge in [-0.25, -0.2) is 0 Å². The third-order valence-corrected chi connectivity index (χ3v) is 4.08.